The second-order valence-corrected chi connectivity index (χ2v) is 6.93. The van der Waals surface area contributed by atoms with Crippen LogP contribution >= 0.6 is 0 Å². The molecule has 0 saturated carbocycles. The van der Waals surface area contributed by atoms with Gasteiger partial charge in [-0.05, 0) is 77.9 Å². The molecule has 2 saturated heterocycles. The van der Waals surface area contributed by atoms with E-state index >= 15 is 0 Å². The third-order valence-corrected chi connectivity index (χ3v) is 4.14. The summed E-state index contributed by atoms with van der Waals surface area (Å²) in [6, 6.07) is -0.111. The largest absolute Gasteiger partial charge is 0.459 e. The summed E-state index contributed by atoms with van der Waals surface area (Å²) in [7, 11) is 0. The molecule has 0 aromatic heterocycles. The van der Waals surface area contributed by atoms with Crippen molar-refractivity contribution in [3.05, 3.63) is 0 Å². The summed E-state index contributed by atoms with van der Waals surface area (Å²) < 4.78 is 5.50. The lowest BCUT2D eigenvalue weighted by Crippen LogP contribution is -2.49. The van der Waals surface area contributed by atoms with Gasteiger partial charge in [-0.1, -0.05) is 0 Å². The monoisotopic (exact) mass is 268 g/mol. The third kappa shape index (κ3) is 4.46. The summed E-state index contributed by atoms with van der Waals surface area (Å²) in [6.45, 7) is 8.98. The molecular weight excluding hydrogens is 240 g/mol. The van der Waals surface area contributed by atoms with Gasteiger partial charge in [0.1, 0.15) is 11.6 Å². The summed E-state index contributed by atoms with van der Waals surface area (Å²) in [6.07, 6.45) is 4.69. The molecule has 0 amide bonds. The molecule has 0 radical (unpaired) electrons. The molecule has 3 atom stereocenters. The van der Waals surface area contributed by atoms with Crippen LogP contribution < -0.4 is 10.6 Å². The number of nitrogens with one attached hydrogen (secondary N) is 2. The van der Waals surface area contributed by atoms with Crippen LogP contribution in [0.3, 0.4) is 0 Å². The highest BCUT2D eigenvalue weighted by molar-refractivity contribution is 5.76. The number of carbonyl (C=O) groups excluding carboxylic acids is 1. The average molecular weight is 268 g/mol. The standard InChI is InChI=1S/C15H28N2O2/c1-15(2,3)19-14(18)13-9-11(6-8-17-13)12-5-4-7-16-10-12/h11-13,16-17H,4-10H2,1-3H3. The topological polar surface area (TPSA) is 50.4 Å². The lowest BCUT2D eigenvalue weighted by atomic mass is 9.78. The molecule has 0 spiro atoms. The Hall–Kier alpha value is -0.610. The lowest BCUT2D eigenvalue weighted by Gasteiger charge is -2.37. The van der Waals surface area contributed by atoms with E-state index in [-0.39, 0.29) is 12.0 Å². The first-order valence-electron chi connectivity index (χ1n) is 7.62. The third-order valence-electron chi connectivity index (χ3n) is 4.14. The Morgan fingerprint density at radius 1 is 1.16 bits per heavy atom. The fourth-order valence-electron chi connectivity index (χ4n) is 3.21. The second kappa shape index (κ2) is 6.23. The Labute approximate surface area is 116 Å². The molecule has 2 rings (SSSR count). The highest BCUT2D eigenvalue weighted by Crippen LogP contribution is 2.29. The first kappa shape index (κ1) is 14.8. The van der Waals surface area contributed by atoms with Crippen molar-refractivity contribution >= 4 is 5.97 Å². The van der Waals surface area contributed by atoms with Gasteiger partial charge in [-0.3, -0.25) is 4.79 Å². The van der Waals surface area contributed by atoms with Crippen LogP contribution in [-0.2, 0) is 9.53 Å². The Kier molecular flexibility index (Phi) is 4.85. The molecule has 110 valence electrons. The molecule has 4 nitrogen and oxygen atoms in total. The Morgan fingerprint density at radius 2 is 1.95 bits per heavy atom. The molecule has 4 heteroatoms. The van der Waals surface area contributed by atoms with Gasteiger partial charge in [-0.15, -0.1) is 0 Å². The minimum absolute atomic E-state index is 0.0824. The van der Waals surface area contributed by atoms with E-state index in [1.807, 2.05) is 20.8 Å². The molecule has 0 aromatic carbocycles. The van der Waals surface area contributed by atoms with Crippen molar-refractivity contribution in [1.29, 1.82) is 0 Å². The number of hydrogen-bond acceptors (Lipinski definition) is 4. The summed E-state index contributed by atoms with van der Waals surface area (Å²) in [5.41, 5.74) is -0.391. The van der Waals surface area contributed by atoms with Crippen molar-refractivity contribution < 1.29 is 9.53 Å². The van der Waals surface area contributed by atoms with Gasteiger partial charge in [0.25, 0.3) is 0 Å². The molecule has 0 bridgehead atoms. The first-order chi connectivity index (χ1) is 8.96. The molecule has 2 aliphatic heterocycles. The van der Waals surface area contributed by atoms with Gasteiger partial charge >= 0.3 is 5.97 Å². The fraction of sp³-hybridized carbons (Fsp3) is 0.933. The van der Waals surface area contributed by atoms with Crippen LogP contribution in [0, 0.1) is 11.8 Å². The van der Waals surface area contributed by atoms with Gasteiger partial charge in [0.05, 0.1) is 0 Å². The van der Waals surface area contributed by atoms with E-state index in [1.165, 1.54) is 19.3 Å². The molecular formula is C15H28N2O2. The maximum atomic E-state index is 12.1. The van der Waals surface area contributed by atoms with E-state index < -0.39 is 5.60 Å². The summed E-state index contributed by atoms with van der Waals surface area (Å²) in [5, 5.41) is 6.79. The van der Waals surface area contributed by atoms with Gasteiger partial charge < -0.3 is 15.4 Å². The lowest BCUT2D eigenvalue weighted by molar-refractivity contribution is -0.158. The summed E-state index contributed by atoms with van der Waals surface area (Å²) in [5.74, 6) is 1.31. The minimum Gasteiger partial charge on any atom is -0.459 e. The SMILES string of the molecule is CC(C)(C)OC(=O)C1CC(C2CCCNC2)CCN1. The van der Waals surface area contributed by atoms with Crippen LogP contribution in [0.2, 0.25) is 0 Å². The van der Waals surface area contributed by atoms with Crippen LogP contribution in [0.4, 0.5) is 0 Å². The highest BCUT2D eigenvalue weighted by atomic mass is 16.6. The van der Waals surface area contributed by atoms with Crippen molar-refractivity contribution in [3.8, 4) is 0 Å². The minimum atomic E-state index is -0.391. The summed E-state index contributed by atoms with van der Waals surface area (Å²) in [4.78, 5) is 12.1. The fourth-order valence-corrected chi connectivity index (χ4v) is 3.21. The zero-order chi connectivity index (χ0) is 13.9. The number of hydrogen-bond donors (Lipinski definition) is 2. The Morgan fingerprint density at radius 3 is 2.58 bits per heavy atom. The van der Waals surface area contributed by atoms with E-state index in [4.69, 9.17) is 4.74 Å². The van der Waals surface area contributed by atoms with Crippen LogP contribution in [0.1, 0.15) is 46.5 Å². The van der Waals surface area contributed by atoms with Crippen molar-refractivity contribution in [2.75, 3.05) is 19.6 Å². The smallest absolute Gasteiger partial charge is 0.323 e. The van der Waals surface area contributed by atoms with Crippen molar-refractivity contribution in [2.45, 2.75) is 58.1 Å². The zero-order valence-corrected chi connectivity index (χ0v) is 12.5. The van der Waals surface area contributed by atoms with Crippen LogP contribution in [0.5, 0.6) is 0 Å². The van der Waals surface area contributed by atoms with Gasteiger partial charge in [-0.2, -0.15) is 0 Å². The Bertz CT molecular complexity index is 306. The molecule has 2 heterocycles. The van der Waals surface area contributed by atoms with Crippen molar-refractivity contribution in [3.63, 3.8) is 0 Å². The Balaban J connectivity index is 1.87. The molecule has 0 aromatic rings. The number of carbonyl (C=O) groups is 1. The molecule has 2 aliphatic rings. The molecule has 19 heavy (non-hydrogen) atoms. The van der Waals surface area contributed by atoms with Gasteiger partial charge in [-0.25, -0.2) is 0 Å². The zero-order valence-electron chi connectivity index (χ0n) is 12.5. The molecule has 2 fully saturated rings. The van der Waals surface area contributed by atoms with E-state index in [2.05, 4.69) is 10.6 Å². The van der Waals surface area contributed by atoms with Crippen LogP contribution in [0.25, 0.3) is 0 Å². The van der Waals surface area contributed by atoms with E-state index in [1.54, 1.807) is 0 Å². The number of piperidine rings is 2. The van der Waals surface area contributed by atoms with Gasteiger partial charge in [0.2, 0.25) is 0 Å². The first-order valence-corrected chi connectivity index (χ1v) is 7.62. The molecule has 3 unspecified atom stereocenters. The predicted octanol–water partition coefficient (Wildman–Crippen LogP) is 1.70. The number of ether oxygens (including phenoxy) is 1. The molecule has 2 N–H and O–H groups in total. The van der Waals surface area contributed by atoms with Crippen LogP contribution in [0.15, 0.2) is 0 Å². The van der Waals surface area contributed by atoms with E-state index in [0.29, 0.717) is 5.92 Å². The quantitative estimate of drug-likeness (QED) is 0.748. The van der Waals surface area contributed by atoms with Gasteiger partial charge in [0, 0.05) is 0 Å². The van der Waals surface area contributed by atoms with Crippen LogP contribution in [-0.4, -0.2) is 37.2 Å². The number of rotatable bonds is 2. The maximum absolute atomic E-state index is 12.1. The van der Waals surface area contributed by atoms with E-state index in [0.717, 1.165) is 32.0 Å². The average Bonchev–Trinajstić information content (AvgIpc) is 2.38. The summed E-state index contributed by atoms with van der Waals surface area (Å²) >= 11 is 0. The molecule has 0 aliphatic carbocycles. The van der Waals surface area contributed by atoms with Crippen molar-refractivity contribution in [1.82, 2.24) is 10.6 Å². The van der Waals surface area contributed by atoms with E-state index in [9.17, 15) is 4.79 Å². The predicted molar refractivity (Wildman–Crippen MR) is 76.0 cm³/mol. The normalized spacial score (nSPS) is 32.9. The second-order valence-electron chi connectivity index (χ2n) is 6.93. The van der Waals surface area contributed by atoms with Gasteiger partial charge in [0.15, 0.2) is 0 Å². The maximum Gasteiger partial charge on any atom is 0.323 e. The number of esters is 1. The highest BCUT2D eigenvalue weighted by Gasteiger charge is 2.34. The van der Waals surface area contributed by atoms with Crippen molar-refractivity contribution in [2.24, 2.45) is 11.8 Å².